The van der Waals surface area contributed by atoms with E-state index in [4.69, 9.17) is 0 Å². The molecule has 0 saturated heterocycles. The Balaban J connectivity index is 1.71. The predicted molar refractivity (Wildman–Crippen MR) is 132 cm³/mol. The van der Waals surface area contributed by atoms with Gasteiger partial charge in [0.15, 0.2) is 0 Å². The van der Waals surface area contributed by atoms with Gasteiger partial charge in [-0.25, -0.2) is 0 Å². The van der Waals surface area contributed by atoms with Gasteiger partial charge in [-0.3, -0.25) is 0 Å². The van der Waals surface area contributed by atoms with E-state index in [1.165, 1.54) is 17.0 Å². The van der Waals surface area contributed by atoms with Crippen molar-refractivity contribution in [1.82, 2.24) is 0 Å². The maximum Gasteiger partial charge on any atom is 0.417 e. The third-order valence-electron chi connectivity index (χ3n) is 7.11. The molecule has 0 nitrogen and oxygen atoms in total. The van der Waals surface area contributed by atoms with Crippen LogP contribution in [0.1, 0.15) is 5.56 Å². The first kappa shape index (κ1) is 18.8. The SMILES string of the molecule is FC(F)(F)c1ccc2cc3c4c(ccc5ccc1c2c54)B(c1ccccc1)c1ccccc1-3. The zero-order valence-corrected chi connectivity index (χ0v) is 17.4. The van der Waals surface area contributed by atoms with Crippen LogP contribution in [0.25, 0.3) is 43.4 Å². The van der Waals surface area contributed by atoms with Crippen LogP contribution in [-0.4, -0.2) is 6.71 Å². The molecule has 156 valence electrons. The molecule has 0 radical (unpaired) electrons. The molecule has 33 heavy (non-hydrogen) atoms. The van der Waals surface area contributed by atoms with Gasteiger partial charge in [-0.1, -0.05) is 101 Å². The Morgan fingerprint density at radius 1 is 0.545 bits per heavy atom. The van der Waals surface area contributed by atoms with Gasteiger partial charge in [0.25, 0.3) is 0 Å². The molecule has 6 aromatic carbocycles. The zero-order chi connectivity index (χ0) is 22.3. The molecule has 0 amide bonds. The van der Waals surface area contributed by atoms with Gasteiger partial charge in [-0.05, 0) is 55.6 Å². The van der Waals surface area contributed by atoms with Crippen molar-refractivity contribution in [2.45, 2.75) is 6.18 Å². The van der Waals surface area contributed by atoms with Crippen molar-refractivity contribution in [3.05, 3.63) is 103 Å². The van der Waals surface area contributed by atoms with E-state index in [0.29, 0.717) is 5.39 Å². The van der Waals surface area contributed by atoms with Gasteiger partial charge in [0.1, 0.15) is 0 Å². The van der Waals surface area contributed by atoms with E-state index in [1.54, 1.807) is 12.1 Å². The van der Waals surface area contributed by atoms with Crippen LogP contribution in [0.5, 0.6) is 0 Å². The van der Waals surface area contributed by atoms with Crippen molar-refractivity contribution in [3.8, 4) is 11.1 Å². The Morgan fingerprint density at radius 3 is 2.09 bits per heavy atom. The fourth-order valence-corrected chi connectivity index (χ4v) is 5.81. The van der Waals surface area contributed by atoms with Gasteiger partial charge < -0.3 is 0 Å². The van der Waals surface area contributed by atoms with Crippen LogP contribution >= 0.6 is 0 Å². The fraction of sp³-hybridized carbons (Fsp3) is 0.0345. The quantitative estimate of drug-likeness (QED) is 0.217. The molecule has 0 fully saturated rings. The van der Waals surface area contributed by atoms with Crippen LogP contribution in [0, 0.1) is 0 Å². The van der Waals surface area contributed by atoms with E-state index in [2.05, 4.69) is 48.5 Å². The van der Waals surface area contributed by atoms with E-state index in [0.717, 1.165) is 38.1 Å². The topological polar surface area (TPSA) is 0 Å². The second-order valence-electron chi connectivity index (χ2n) is 8.81. The van der Waals surface area contributed by atoms with Gasteiger partial charge in [-0.15, -0.1) is 0 Å². The maximum absolute atomic E-state index is 13.9. The highest BCUT2D eigenvalue weighted by atomic mass is 19.4. The van der Waals surface area contributed by atoms with Crippen LogP contribution < -0.4 is 16.4 Å². The summed E-state index contributed by atoms with van der Waals surface area (Å²) in [5.41, 5.74) is 5.22. The predicted octanol–water partition coefficient (Wildman–Crippen LogP) is 6.10. The molecule has 0 aromatic heterocycles. The number of hydrogen-bond donors (Lipinski definition) is 0. The van der Waals surface area contributed by atoms with E-state index in [1.807, 2.05) is 30.3 Å². The molecular formula is C29H16BF3. The highest BCUT2D eigenvalue weighted by Crippen LogP contribution is 2.44. The number of alkyl halides is 3. The minimum absolute atomic E-state index is 0.0292. The van der Waals surface area contributed by atoms with Gasteiger partial charge in [0.05, 0.1) is 5.56 Å². The highest BCUT2D eigenvalue weighted by Gasteiger charge is 2.35. The fourth-order valence-electron chi connectivity index (χ4n) is 5.81. The lowest BCUT2D eigenvalue weighted by atomic mass is 9.33. The first-order chi connectivity index (χ1) is 16.0. The number of halogens is 3. The number of rotatable bonds is 1. The number of benzene rings is 6. The summed E-state index contributed by atoms with van der Waals surface area (Å²) in [7, 11) is 0. The van der Waals surface area contributed by atoms with Crippen molar-refractivity contribution < 1.29 is 13.2 Å². The van der Waals surface area contributed by atoms with Crippen molar-refractivity contribution >= 4 is 55.4 Å². The minimum atomic E-state index is -4.40. The first-order valence-corrected chi connectivity index (χ1v) is 11.0. The second-order valence-corrected chi connectivity index (χ2v) is 8.81. The van der Waals surface area contributed by atoms with Crippen LogP contribution in [-0.2, 0) is 6.18 Å². The summed E-state index contributed by atoms with van der Waals surface area (Å²) in [5.74, 6) is 0. The largest absolute Gasteiger partial charge is 0.417 e. The Kier molecular flexibility index (Phi) is 3.63. The van der Waals surface area contributed by atoms with Crippen LogP contribution in [0.2, 0.25) is 0 Å². The lowest BCUT2D eigenvalue weighted by Gasteiger charge is -2.29. The standard InChI is InChI=1S/C29H16BF3/c31-29(32,33)23-14-11-18-16-22-20-8-4-5-9-24(20)30(19-6-2-1-3-7-19)25-15-12-17-10-13-21(23)26(18)27(17)28(22)25/h1-16H. The normalized spacial score (nSPS) is 13.2. The monoisotopic (exact) mass is 432 g/mol. The van der Waals surface area contributed by atoms with Gasteiger partial charge in [0.2, 0.25) is 6.71 Å². The van der Waals surface area contributed by atoms with Crippen LogP contribution in [0.15, 0.2) is 97.1 Å². The molecule has 0 N–H and O–H groups in total. The van der Waals surface area contributed by atoms with E-state index in [-0.39, 0.29) is 12.1 Å². The second kappa shape index (κ2) is 6.38. The smallest absolute Gasteiger partial charge is 0.166 e. The summed E-state index contributed by atoms with van der Waals surface area (Å²) in [6.45, 7) is 0.0292. The van der Waals surface area contributed by atoms with Gasteiger partial charge in [0, 0.05) is 0 Å². The summed E-state index contributed by atoms with van der Waals surface area (Å²) < 4.78 is 41.6. The van der Waals surface area contributed by atoms with Gasteiger partial charge in [-0.2, -0.15) is 13.2 Å². The third kappa shape index (κ3) is 2.49. The molecule has 7 rings (SSSR count). The first-order valence-electron chi connectivity index (χ1n) is 11.0. The Bertz CT molecular complexity index is 1700. The van der Waals surface area contributed by atoms with Crippen LogP contribution in [0.4, 0.5) is 13.2 Å². The Morgan fingerprint density at radius 2 is 1.27 bits per heavy atom. The maximum atomic E-state index is 13.9. The summed E-state index contributed by atoms with van der Waals surface area (Å²) in [5, 5.41) is 4.78. The molecule has 0 unspecified atom stereocenters. The van der Waals surface area contributed by atoms with E-state index in [9.17, 15) is 13.2 Å². The van der Waals surface area contributed by atoms with Crippen molar-refractivity contribution in [1.29, 1.82) is 0 Å². The van der Waals surface area contributed by atoms with E-state index < -0.39 is 11.7 Å². The van der Waals surface area contributed by atoms with Crippen molar-refractivity contribution in [2.24, 2.45) is 0 Å². The molecule has 0 aliphatic carbocycles. The third-order valence-corrected chi connectivity index (χ3v) is 7.11. The molecular weight excluding hydrogens is 416 g/mol. The average molecular weight is 432 g/mol. The lowest BCUT2D eigenvalue weighted by Crippen LogP contribution is -2.54. The molecule has 0 saturated carbocycles. The average Bonchev–Trinajstić information content (AvgIpc) is 2.83. The van der Waals surface area contributed by atoms with E-state index >= 15 is 0 Å². The summed E-state index contributed by atoms with van der Waals surface area (Å²) in [4.78, 5) is 0. The summed E-state index contributed by atoms with van der Waals surface area (Å²) >= 11 is 0. The molecule has 4 heteroatoms. The molecule has 0 spiro atoms. The molecule has 6 aromatic rings. The lowest BCUT2D eigenvalue weighted by molar-refractivity contribution is -0.136. The minimum Gasteiger partial charge on any atom is -0.166 e. The highest BCUT2D eigenvalue weighted by molar-refractivity contribution is 6.98. The molecule has 1 heterocycles. The summed E-state index contributed by atoms with van der Waals surface area (Å²) in [6.07, 6.45) is -4.40. The molecule has 1 aliphatic heterocycles. The van der Waals surface area contributed by atoms with Gasteiger partial charge >= 0.3 is 6.18 Å². The summed E-state index contributed by atoms with van der Waals surface area (Å²) in [6, 6.07) is 31.3. The molecule has 0 bridgehead atoms. The van der Waals surface area contributed by atoms with Crippen LogP contribution in [0.3, 0.4) is 0 Å². The molecule has 0 atom stereocenters. The van der Waals surface area contributed by atoms with Crippen molar-refractivity contribution in [2.75, 3.05) is 0 Å². The zero-order valence-electron chi connectivity index (χ0n) is 17.4. The Hall–Kier alpha value is -3.79. The number of fused-ring (bicyclic) bond motifs is 2. The molecule has 1 aliphatic rings. The van der Waals surface area contributed by atoms with Crippen molar-refractivity contribution in [3.63, 3.8) is 0 Å². The number of hydrogen-bond acceptors (Lipinski definition) is 0. The Labute approximate surface area is 188 Å².